The SMILES string of the molecule is COc1ccc(C(=O)Oc2cccc(/C=N/NC(=O)COc3cccc4ccccc34)c2)cc1. The second-order valence-corrected chi connectivity index (χ2v) is 7.25. The monoisotopic (exact) mass is 454 g/mol. The van der Waals surface area contributed by atoms with Gasteiger partial charge in [0, 0.05) is 5.39 Å². The summed E-state index contributed by atoms with van der Waals surface area (Å²) in [6.07, 6.45) is 1.46. The standard InChI is InChI=1S/C27H22N2O5/c1-32-22-14-12-21(13-15-22)27(31)34-23-9-4-6-19(16-23)17-28-29-26(30)18-33-25-11-5-8-20-7-2-3-10-24(20)25/h2-17H,18H2,1H3,(H,29,30)/b28-17+. The van der Waals surface area contributed by atoms with Crippen LogP contribution in [0.2, 0.25) is 0 Å². The summed E-state index contributed by atoms with van der Waals surface area (Å²) in [6.45, 7) is -0.176. The predicted octanol–water partition coefficient (Wildman–Crippen LogP) is 4.60. The molecule has 0 aliphatic heterocycles. The lowest BCUT2D eigenvalue weighted by molar-refractivity contribution is -0.123. The number of methoxy groups -OCH3 is 1. The van der Waals surface area contributed by atoms with E-state index in [0.29, 0.717) is 28.4 Å². The average molecular weight is 454 g/mol. The van der Waals surface area contributed by atoms with Crippen molar-refractivity contribution in [3.63, 3.8) is 0 Å². The molecular formula is C27H22N2O5. The number of nitrogens with zero attached hydrogens (tertiary/aromatic N) is 1. The number of benzene rings is 4. The van der Waals surface area contributed by atoms with Gasteiger partial charge in [-0.3, -0.25) is 4.79 Å². The van der Waals surface area contributed by atoms with Gasteiger partial charge in [-0.1, -0.05) is 48.5 Å². The van der Waals surface area contributed by atoms with Crippen LogP contribution in [0.15, 0.2) is 96.1 Å². The fraction of sp³-hybridized carbons (Fsp3) is 0.0741. The summed E-state index contributed by atoms with van der Waals surface area (Å²) in [5.74, 6) is 0.750. The van der Waals surface area contributed by atoms with E-state index >= 15 is 0 Å². The van der Waals surface area contributed by atoms with E-state index in [-0.39, 0.29) is 6.61 Å². The summed E-state index contributed by atoms with van der Waals surface area (Å²) >= 11 is 0. The second kappa shape index (κ2) is 10.8. The summed E-state index contributed by atoms with van der Waals surface area (Å²) in [6, 6.07) is 26.9. The maximum atomic E-state index is 12.3. The van der Waals surface area contributed by atoms with E-state index in [4.69, 9.17) is 14.2 Å². The van der Waals surface area contributed by atoms with E-state index in [9.17, 15) is 9.59 Å². The molecule has 0 spiro atoms. The number of hydrogen-bond acceptors (Lipinski definition) is 6. The zero-order chi connectivity index (χ0) is 23.8. The first-order valence-electron chi connectivity index (χ1n) is 10.5. The minimum atomic E-state index is -0.490. The molecule has 0 unspecified atom stereocenters. The number of carbonyl (C=O) groups is 2. The predicted molar refractivity (Wildman–Crippen MR) is 130 cm³/mol. The van der Waals surface area contributed by atoms with Crippen LogP contribution >= 0.6 is 0 Å². The van der Waals surface area contributed by atoms with Crippen LogP contribution in [0, 0.1) is 0 Å². The third kappa shape index (κ3) is 5.77. The Bertz CT molecular complexity index is 1330. The number of hydrazone groups is 1. The van der Waals surface area contributed by atoms with Crippen LogP contribution < -0.4 is 19.6 Å². The molecule has 0 saturated heterocycles. The molecule has 0 bridgehead atoms. The largest absolute Gasteiger partial charge is 0.497 e. The van der Waals surface area contributed by atoms with Crippen LogP contribution in [-0.4, -0.2) is 31.8 Å². The van der Waals surface area contributed by atoms with Gasteiger partial charge in [0.05, 0.1) is 18.9 Å². The van der Waals surface area contributed by atoms with Crippen molar-refractivity contribution in [2.45, 2.75) is 0 Å². The van der Waals surface area contributed by atoms with Gasteiger partial charge < -0.3 is 14.2 Å². The van der Waals surface area contributed by atoms with Crippen molar-refractivity contribution < 1.29 is 23.8 Å². The van der Waals surface area contributed by atoms with Crippen molar-refractivity contribution >= 4 is 28.9 Å². The highest BCUT2D eigenvalue weighted by molar-refractivity contribution is 5.92. The number of esters is 1. The molecule has 4 rings (SSSR count). The molecule has 34 heavy (non-hydrogen) atoms. The molecule has 7 nitrogen and oxygen atoms in total. The van der Waals surface area contributed by atoms with Crippen molar-refractivity contribution in [1.82, 2.24) is 5.43 Å². The van der Waals surface area contributed by atoms with Gasteiger partial charge in [-0.15, -0.1) is 0 Å². The first kappa shape index (κ1) is 22.5. The van der Waals surface area contributed by atoms with Gasteiger partial charge in [-0.05, 0) is 53.4 Å². The molecule has 4 aromatic carbocycles. The smallest absolute Gasteiger partial charge is 0.343 e. The summed E-state index contributed by atoms with van der Waals surface area (Å²) in [5, 5.41) is 5.92. The molecule has 7 heteroatoms. The lowest BCUT2D eigenvalue weighted by Crippen LogP contribution is -2.24. The van der Waals surface area contributed by atoms with Crippen LogP contribution in [0.5, 0.6) is 17.2 Å². The molecule has 0 aliphatic carbocycles. The van der Waals surface area contributed by atoms with Crippen molar-refractivity contribution in [3.8, 4) is 17.2 Å². The molecule has 0 radical (unpaired) electrons. The van der Waals surface area contributed by atoms with E-state index in [1.165, 1.54) is 6.21 Å². The number of carbonyl (C=O) groups excluding carboxylic acids is 2. The summed E-state index contributed by atoms with van der Waals surface area (Å²) in [5.41, 5.74) is 3.48. The summed E-state index contributed by atoms with van der Waals surface area (Å²) < 4.78 is 16.2. The number of rotatable bonds is 8. The van der Waals surface area contributed by atoms with E-state index < -0.39 is 11.9 Å². The molecular weight excluding hydrogens is 432 g/mol. The Kier molecular flexibility index (Phi) is 7.15. The third-order valence-corrected chi connectivity index (χ3v) is 4.91. The lowest BCUT2D eigenvalue weighted by atomic mass is 10.1. The molecule has 0 atom stereocenters. The van der Waals surface area contributed by atoms with Gasteiger partial charge in [0.15, 0.2) is 6.61 Å². The minimum Gasteiger partial charge on any atom is -0.497 e. The van der Waals surface area contributed by atoms with Gasteiger partial charge in [0.25, 0.3) is 5.91 Å². The van der Waals surface area contributed by atoms with Crippen LogP contribution in [0.1, 0.15) is 15.9 Å². The van der Waals surface area contributed by atoms with E-state index in [1.807, 2.05) is 42.5 Å². The van der Waals surface area contributed by atoms with Crippen molar-refractivity contribution in [3.05, 3.63) is 102 Å². The van der Waals surface area contributed by atoms with Gasteiger partial charge >= 0.3 is 5.97 Å². The van der Waals surface area contributed by atoms with Crippen LogP contribution in [0.4, 0.5) is 0 Å². The fourth-order valence-corrected chi connectivity index (χ4v) is 3.23. The number of nitrogens with one attached hydrogen (secondary N) is 1. The normalized spacial score (nSPS) is 10.7. The van der Waals surface area contributed by atoms with Crippen LogP contribution in [-0.2, 0) is 4.79 Å². The Morgan fingerprint density at radius 1 is 0.882 bits per heavy atom. The molecule has 0 aromatic heterocycles. The van der Waals surface area contributed by atoms with Gasteiger partial charge in [-0.2, -0.15) is 5.10 Å². The summed E-state index contributed by atoms with van der Waals surface area (Å²) in [4.78, 5) is 24.5. The Morgan fingerprint density at radius 2 is 1.65 bits per heavy atom. The Morgan fingerprint density at radius 3 is 2.47 bits per heavy atom. The molecule has 0 fully saturated rings. The Hall–Kier alpha value is -4.65. The molecule has 1 amide bonds. The van der Waals surface area contributed by atoms with Crippen molar-refractivity contribution in [1.29, 1.82) is 0 Å². The highest BCUT2D eigenvalue weighted by Gasteiger charge is 2.09. The Labute approximate surface area is 196 Å². The van der Waals surface area contributed by atoms with E-state index in [0.717, 1.165) is 10.8 Å². The molecule has 4 aromatic rings. The average Bonchev–Trinajstić information content (AvgIpc) is 2.87. The minimum absolute atomic E-state index is 0.176. The zero-order valence-electron chi connectivity index (χ0n) is 18.4. The van der Waals surface area contributed by atoms with Gasteiger partial charge in [0.1, 0.15) is 17.2 Å². The maximum Gasteiger partial charge on any atom is 0.343 e. The van der Waals surface area contributed by atoms with E-state index in [1.54, 1.807) is 55.6 Å². The molecule has 0 saturated carbocycles. The highest BCUT2D eigenvalue weighted by Crippen LogP contribution is 2.25. The topological polar surface area (TPSA) is 86.2 Å². The number of hydrogen-bond donors (Lipinski definition) is 1. The first-order chi connectivity index (χ1) is 16.6. The zero-order valence-corrected chi connectivity index (χ0v) is 18.4. The van der Waals surface area contributed by atoms with Crippen molar-refractivity contribution in [2.24, 2.45) is 5.10 Å². The van der Waals surface area contributed by atoms with E-state index in [2.05, 4.69) is 10.5 Å². The van der Waals surface area contributed by atoms with Crippen LogP contribution in [0.3, 0.4) is 0 Å². The third-order valence-electron chi connectivity index (χ3n) is 4.91. The highest BCUT2D eigenvalue weighted by atomic mass is 16.5. The first-order valence-corrected chi connectivity index (χ1v) is 10.5. The number of amides is 1. The van der Waals surface area contributed by atoms with Gasteiger partial charge in [-0.25, -0.2) is 10.2 Å². The van der Waals surface area contributed by atoms with Crippen LogP contribution in [0.25, 0.3) is 10.8 Å². The molecule has 0 aliphatic rings. The van der Waals surface area contributed by atoms with Crippen molar-refractivity contribution in [2.75, 3.05) is 13.7 Å². The summed E-state index contributed by atoms with van der Waals surface area (Å²) in [7, 11) is 1.56. The number of ether oxygens (including phenoxy) is 3. The Balaban J connectivity index is 1.30. The molecule has 170 valence electrons. The number of fused-ring (bicyclic) bond motifs is 1. The second-order valence-electron chi connectivity index (χ2n) is 7.25. The van der Waals surface area contributed by atoms with Gasteiger partial charge in [0.2, 0.25) is 0 Å². The molecule has 1 N–H and O–H groups in total. The lowest BCUT2D eigenvalue weighted by Gasteiger charge is -2.08. The quantitative estimate of drug-likeness (QED) is 0.182. The molecule has 0 heterocycles. The fourth-order valence-electron chi connectivity index (χ4n) is 3.23. The maximum absolute atomic E-state index is 12.3.